The number of halogens is 8. The van der Waals surface area contributed by atoms with Gasteiger partial charge in [0.25, 0.3) is 0 Å². The van der Waals surface area contributed by atoms with E-state index in [-0.39, 0.29) is 12.4 Å². The molecule has 120 valence electrons. The van der Waals surface area contributed by atoms with Crippen molar-refractivity contribution in [2.24, 2.45) is 5.73 Å². The standard InChI is InChI=1S/C10H6F7NO2.ClH/c11-8(12,9(13,14)15)7(18)4-2-1-3-5-6(4)20-10(16,17)19-5;/h1-3,7H,18H2;1H/t7-;/m0./s1. The number of nitrogens with two attached hydrogens (primary N) is 1. The Bertz CT molecular complexity index is 535. The zero-order valence-electron chi connectivity index (χ0n) is 9.76. The van der Waals surface area contributed by atoms with Crippen molar-refractivity contribution in [1.82, 2.24) is 0 Å². The van der Waals surface area contributed by atoms with Crippen molar-refractivity contribution < 1.29 is 40.2 Å². The molecule has 0 saturated carbocycles. The number of para-hydroxylation sites is 1. The minimum Gasteiger partial charge on any atom is -0.395 e. The monoisotopic (exact) mass is 341 g/mol. The fourth-order valence-electron chi connectivity index (χ4n) is 1.61. The molecule has 2 N–H and O–H groups in total. The van der Waals surface area contributed by atoms with E-state index in [0.29, 0.717) is 0 Å². The summed E-state index contributed by atoms with van der Waals surface area (Å²) >= 11 is 0. The topological polar surface area (TPSA) is 44.5 Å². The maximum Gasteiger partial charge on any atom is 0.586 e. The SMILES string of the molecule is Cl.N[C@@H](c1cccc2c1OC(F)(F)O2)C(F)(F)C(F)(F)F. The third-order valence-corrected chi connectivity index (χ3v) is 2.56. The van der Waals surface area contributed by atoms with Crippen LogP contribution in [0.4, 0.5) is 30.7 Å². The van der Waals surface area contributed by atoms with Crippen molar-refractivity contribution in [3.8, 4) is 11.5 Å². The Morgan fingerprint density at radius 1 is 1.05 bits per heavy atom. The third kappa shape index (κ3) is 2.95. The summed E-state index contributed by atoms with van der Waals surface area (Å²) < 4.78 is 96.4. The molecule has 0 fully saturated rings. The van der Waals surface area contributed by atoms with Crippen LogP contribution in [0.15, 0.2) is 18.2 Å². The van der Waals surface area contributed by atoms with E-state index in [1.807, 2.05) is 0 Å². The Hall–Kier alpha value is -1.42. The molecule has 11 heteroatoms. The van der Waals surface area contributed by atoms with Crippen LogP contribution < -0.4 is 15.2 Å². The molecule has 21 heavy (non-hydrogen) atoms. The molecule has 1 aliphatic heterocycles. The summed E-state index contributed by atoms with van der Waals surface area (Å²) in [6.07, 6.45) is -10.1. The molecule has 1 aliphatic rings. The molecule has 0 unspecified atom stereocenters. The first-order valence-electron chi connectivity index (χ1n) is 5.04. The molecule has 0 spiro atoms. The summed E-state index contributed by atoms with van der Waals surface area (Å²) in [4.78, 5) is 0. The number of benzene rings is 1. The van der Waals surface area contributed by atoms with E-state index in [0.717, 1.165) is 18.2 Å². The molecule has 1 aromatic rings. The van der Waals surface area contributed by atoms with Crippen LogP contribution in [0.5, 0.6) is 11.5 Å². The maximum atomic E-state index is 13.1. The summed E-state index contributed by atoms with van der Waals surface area (Å²) in [5.74, 6) is -6.92. The van der Waals surface area contributed by atoms with E-state index in [9.17, 15) is 30.7 Å². The van der Waals surface area contributed by atoms with E-state index in [2.05, 4.69) is 9.47 Å². The van der Waals surface area contributed by atoms with Crippen molar-refractivity contribution in [3.63, 3.8) is 0 Å². The number of ether oxygens (including phenoxy) is 2. The van der Waals surface area contributed by atoms with Crippen LogP contribution in [0.25, 0.3) is 0 Å². The second-order valence-corrected chi connectivity index (χ2v) is 3.94. The summed E-state index contributed by atoms with van der Waals surface area (Å²) in [6, 6.07) is -0.299. The van der Waals surface area contributed by atoms with Crippen LogP contribution in [0, 0.1) is 0 Å². The van der Waals surface area contributed by atoms with Crippen molar-refractivity contribution in [3.05, 3.63) is 23.8 Å². The van der Waals surface area contributed by atoms with Crippen molar-refractivity contribution >= 4 is 12.4 Å². The molecule has 0 radical (unpaired) electrons. The van der Waals surface area contributed by atoms with Gasteiger partial charge in [0.15, 0.2) is 11.5 Å². The van der Waals surface area contributed by atoms with Crippen LogP contribution in [0.2, 0.25) is 0 Å². The predicted octanol–water partition coefficient (Wildman–Crippen LogP) is 3.63. The highest BCUT2D eigenvalue weighted by Crippen LogP contribution is 2.50. The van der Waals surface area contributed by atoms with E-state index in [4.69, 9.17) is 5.73 Å². The quantitative estimate of drug-likeness (QED) is 0.836. The van der Waals surface area contributed by atoms with Gasteiger partial charge >= 0.3 is 18.4 Å². The molecule has 0 bridgehead atoms. The molecule has 0 saturated heterocycles. The predicted molar refractivity (Wildman–Crippen MR) is 57.8 cm³/mol. The highest BCUT2D eigenvalue weighted by Gasteiger charge is 2.62. The van der Waals surface area contributed by atoms with Gasteiger partial charge in [0, 0.05) is 5.56 Å². The van der Waals surface area contributed by atoms with Crippen molar-refractivity contribution in [2.45, 2.75) is 24.4 Å². The van der Waals surface area contributed by atoms with E-state index < -0.39 is 41.5 Å². The molecule has 0 aromatic heterocycles. The summed E-state index contributed by atoms with van der Waals surface area (Å²) in [7, 11) is 0. The van der Waals surface area contributed by atoms with Gasteiger partial charge in [0.1, 0.15) is 6.04 Å². The molecule has 1 aromatic carbocycles. The van der Waals surface area contributed by atoms with Gasteiger partial charge in [-0.05, 0) is 6.07 Å². The molecule has 1 atom stereocenters. The lowest BCUT2D eigenvalue weighted by Gasteiger charge is -2.26. The smallest absolute Gasteiger partial charge is 0.395 e. The number of hydrogen-bond acceptors (Lipinski definition) is 3. The molecular weight excluding hydrogens is 335 g/mol. The Morgan fingerprint density at radius 3 is 2.14 bits per heavy atom. The lowest BCUT2D eigenvalue weighted by atomic mass is 9.99. The Labute approximate surface area is 119 Å². The lowest BCUT2D eigenvalue weighted by Crippen LogP contribution is -2.46. The number of alkyl halides is 7. The Kier molecular flexibility index (Phi) is 4.28. The molecule has 1 heterocycles. The van der Waals surface area contributed by atoms with Gasteiger partial charge in [0.2, 0.25) is 0 Å². The molecule has 2 rings (SSSR count). The van der Waals surface area contributed by atoms with Gasteiger partial charge in [-0.15, -0.1) is 21.2 Å². The summed E-state index contributed by atoms with van der Waals surface area (Å²) in [6.45, 7) is 0. The summed E-state index contributed by atoms with van der Waals surface area (Å²) in [5.41, 5.74) is 3.94. The fraction of sp³-hybridized carbons (Fsp3) is 0.400. The lowest BCUT2D eigenvalue weighted by molar-refractivity contribution is -0.293. The third-order valence-electron chi connectivity index (χ3n) is 2.56. The number of hydrogen-bond donors (Lipinski definition) is 1. The number of rotatable bonds is 2. The van der Waals surface area contributed by atoms with Gasteiger partial charge in [-0.3, -0.25) is 0 Å². The van der Waals surface area contributed by atoms with Gasteiger partial charge in [-0.1, -0.05) is 12.1 Å². The van der Waals surface area contributed by atoms with Gasteiger partial charge < -0.3 is 15.2 Å². The van der Waals surface area contributed by atoms with Crippen LogP contribution in [0.1, 0.15) is 11.6 Å². The van der Waals surface area contributed by atoms with Crippen LogP contribution in [-0.2, 0) is 0 Å². The fourth-order valence-corrected chi connectivity index (χ4v) is 1.61. The second kappa shape index (κ2) is 5.09. The Balaban J connectivity index is 0.00000220. The highest BCUT2D eigenvalue weighted by molar-refractivity contribution is 5.85. The van der Waals surface area contributed by atoms with E-state index in [1.165, 1.54) is 0 Å². The van der Waals surface area contributed by atoms with Gasteiger partial charge in [0.05, 0.1) is 0 Å². The van der Waals surface area contributed by atoms with Gasteiger partial charge in [-0.25, -0.2) is 0 Å². The zero-order chi connectivity index (χ0) is 15.3. The van der Waals surface area contributed by atoms with Crippen molar-refractivity contribution in [1.29, 1.82) is 0 Å². The Morgan fingerprint density at radius 2 is 1.62 bits per heavy atom. The molecule has 3 nitrogen and oxygen atoms in total. The molecule has 0 amide bonds. The van der Waals surface area contributed by atoms with E-state index >= 15 is 0 Å². The number of fused-ring (bicyclic) bond motifs is 1. The van der Waals surface area contributed by atoms with E-state index in [1.54, 1.807) is 0 Å². The zero-order valence-corrected chi connectivity index (χ0v) is 10.6. The van der Waals surface area contributed by atoms with Crippen LogP contribution in [-0.4, -0.2) is 18.4 Å². The molecular formula is C10H7ClF7NO2. The normalized spacial score (nSPS) is 18.1. The first kappa shape index (κ1) is 17.6. The van der Waals surface area contributed by atoms with Crippen LogP contribution in [0.3, 0.4) is 0 Å². The summed E-state index contributed by atoms with van der Waals surface area (Å²) in [5, 5.41) is 0. The van der Waals surface area contributed by atoms with Crippen LogP contribution >= 0.6 is 12.4 Å². The minimum atomic E-state index is -5.93. The maximum absolute atomic E-state index is 13.1. The first-order valence-corrected chi connectivity index (χ1v) is 5.04. The largest absolute Gasteiger partial charge is 0.586 e. The van der Waals surface area contributed by atoms with Gasteiger partial charge in [-0.2, -0.15) is 22.0 Å². The average molecular weight is 342 g/mol. The first-order chi connectivity index (χ1) is 8.96. The second-order valence-electron chi connectivity index (χ2n) is 3.94. The van der Waals surface area contributed by atoms with Crippen molar-refractivity contribution in [2.75, 3.05) is 0 Å². The highest BCUT2D eigenvalue weighted by atomic mass is 35.5. The molecule has 0 aliphatic carbocycles. The minimum absolute atomic E-state index is 0. The average Bonchev–Trinajstić information content (AvgIpc) is 2.59.